The number of carboxylic acid groups (broad SMARTS) is 1. The van der Waals surface area contributed by atoms with Crippen molar-refractivity contribution in [3.05, 3.63) is 76.9 Å². The van der Waals surface area contributed by atoms with Crippen molar-refractivity contribution in [2.45, 2.75) is 84.5 Å². The summed E-state index contributed by atoms with van der Waals surface area (Å²) in [5, 5.41) is 20.9. The predicted molar refractivity (Wildman–Crippen MR) is 165 cm³/mol. The number of benzene rings is 2. The number of anilines is 1. The fraction of sp³-hybridized carbons (Fsp3) is 0.486. The number of nitrogens with zero attached hydrogens (tertiary/aromatic N) is 2. The topological polar surface area (TPSA) is 92.1 Å². The van der Waals surface area contributed by atoms with Gasteiger partial charge in [-0.25, -0.2) is 9.18 Å². The molecule has 2 heterocycles. The Balaban J connectivity index is 1.51. The second-order valence-electron chi connectivity index (χ2n) is 13.0. The summed E-state index contributed by atoms with van der Waals surface area (Å²) in [4.78, 5) is 19.8. The molecule has 1 saturated carbocycles. The summed E-state index contributed by atoms with van der Waals surface area (Å²) in [6, 6.07) is 14.2. The monoisotopic (exact) mass is 590 g/mol. The number of pyridine rings is 1. The minimum Gasteiger partial charge on any atom is -0.493 e. The Morgan fingerprint density at radius 1 is 1.05 bits per heavy atom. The van der Waals surface area contributed by atoms with E-state index in [0.29, 0.717) is 35.4 Å². The van der Waals surface area contributed by atoms with Gasteiger partial charge in [-0.05, 0) is 94.2 Å². The van der Waals surface area contributed by atoms with Gasteiger partial charge in [0.05, 0.1) is 30.2 Å². The molecule has 2 fully saturated rings. The van der Waals surface area contributed by atoms with Gasteiger partial charge in [-0.3, -0.25) is 4.98 Å². The first-order valence-electron chi connectivity index (χ1n) is 15.3. The normalized spacial score (nSPS) is 17.0. The molecular weight excluding hydrogens is 547 g/mol. The number of hydrogen-bond acceptors (Lipinski definition) is 6. The number of aliphatic carboxylic acids is 1. The highest BCUT2D eigenvalue weighted by atomic mass is 19.1. The van der Waals surface area contributed by atoms with Gasteiger partial charge < -0.3 is 24.6 Å². The highest BCUT2D eigenvalue weighted by Crippen LogP contribution is 2.51. The summed E-state index contributed by atoms with van der Waals surface area (Å²) in [6.45, 7) is 9.08. The molecule has 0 radical (unpaired) electrons. The van der Waals surface area contributed by atoms with E-state index in [1.807, 2.05) is 52.0 Å². The van der Waals surface area contributed by atoms with Crippen molar-refractivity contribution >= 4 is 11.7 Å². The zero-order valence-electron chi connectivity index (χ0n) is 25.7. The molecule has 1 saturated heterocycles. The van der Waals surface area contributed by atoms with Gasteiger partial charge in [-0.1, -0.05) is 30.7 Å². The maximum Gasteiger partial charge on any atom is 0.337 e. The number of rotatable bonds is 10. The van der Waals surface area contributed by atoms with E-state index in [1.165, 1.54) is 31.4 Å². The first kappa shape index (κ1) is 31.0. The summed E-state index contributed by atoms with van der Waals surface area (Å²) < 4.78 is 25.4. The molecule has 3 aromatic rings. The molecule has 1 aromatic heterocycles. The third kappa shape index (κ3) is 7.02. The molecule has 2 aliphatic rings. The molecule has 2 aromatic carbocycles. The van der Waals surface area contributed by atoms with E-state index in [9.17, 15) is 19.4 Å². The van der Waals surface area contributed by atoms with E-state index in [-0.39, 0.29) is 12.4 Å². The van der Waals surface area contributed by atoms with Crippen LogP contribution in [0, 0.1) is 18.2 Å². The molecule has 230 valence electrons. The number of aryl methyl sites for hydroxylation is 1. The molecule has 1 atom stereocenters. The lowest BCUT2D eigenvalue weighted by Gasteiger charge is -2.49. The lowest BCUT2D eigenvalue weighted by Crippen LogP contribution is -2.44. The molecule has 1 aliphatic heterocycles. The van der Waals surface area contributed by atoms with E-state index >= 15 is 0 Å². The first-order chi connectivity index (χ1) is 20.5. The van der Waals surface area contributed by atoms with E-state index in [4.69, 9.17) is 14.5 Å². The molecule has 5 rings (SSSR count). The van der Waals surface area contributed by atoms with Crippen LogP contribution in [0.5, 0.6) is 5.75 Å². The Hall–Kier alpha value is -3.49. The van der Waals surface area contributed by atoms with Crippen LogP contribution >= 0.6 is 0 Å². The number of ether oxygens (including phenoxy) is 2. The SMILES string of the molecule is Cc1nc(CO)c([C@H](OC(C)(C)C)C(=O)O)c(N2CCC3(CCC3)CC2)c1-c1ccc(OCCc2ccc(F)cc2)cc1. The predicted octanol–water partition coefficient (Wildman–Crippen LogP) is 7.02. The van der Waals surface area contributed by atoms with Crippen molar-refractivity contribution in [1.29, 1.82) is 0 Å². The molecule has 43 heavy (non-hydrogen) atoms. The standard InChI is InChI=1S/C35H43FN2O5/c1-23-29(25-8-12-27(13-9-25)42-21-14-24-6-10-26(36)11-7-24)31(38-19-17-35(18-20-38)15-5-16-35)30(28(22-39)37-23)32(33(40)41)43-34(2,3)4/h6-13,32,39H,5,14-22H2,1-4H3,(H,40,41)/t32-/m0/s1. The van der Waals surface area contributed by atoms with Gasteiger partial charge in [0.1, 0.15) is 11.6 Å². The third-order valence-electron chi connectivity index (χ3n) is 8.85. The van der Waals surface area contributed by atoms with Crippen molar-refractivity contribution in [2.24, 2.45) is 5.41 Å². The molecular formula is C35H43FN2O5. The molecule has 0 unspecified atom stereocenters. The van der Waals surface area contributed by atoms with Crippen molar-refractivity contribution in [2.75, 3.05) is 24.6 Å². The minimum atomic E-state index is -1.29. The van der Waals surface area contributed by atoms with E-state index in [1.54, 1.807) is 12.1 Å². The maximum atomic E-state index is 13.2. The quantitative estimate of drug-likeness (QED) is 0.262. The van der Waals surface area contributed by atoms with Crippen molar-refractivity contribution in [3.63, 3.8) is 0 Å². The van der Waals surface area contributed by atoms with Crippen LogP contribution in [-0.4, -0.2) is 46.5 Å². The summed E-state index contributed by atoms with van der Waals surface area (Å²) >= 11 is 0. The van der Waals surface area contributed by atoms with Gasteiger partial charge in [-0.2, -0.15) is 0 Å². The van der Waals surface area contributed by atoms with Gasteiger partial charge in [0.25, 0.3) is 0 Å². The number of halogens is 1. The second kappa shape index (κ2) is 12.6. The van der Waals surface area contributed by atoms with Crippen molar-refractivity contribution < 1.29 is 28.9 Å². The molecule has 0 bridgehead atoms. The fourth-order valence-electron chi connectivity index (χ4n) is 6.45. The summed E-state index contributed by atoms with van der Waals surface area (Å²) in [5.41, 5.74) is 4.66. The average Bonchev–Trinajstić information content (AvgIpc) is 2.95. The van der Waals surface area contributed by atoms with Gasteiger partial charge in [0, 0.05) is 36.3 Å². The summed E-state index contributed by atoms with van der Waals surface area (Å²) in [6.07, 6.45) is 5.26. The number of hydrogen-bond donors (Lipinski definition) is 2. The minimum absolute atomic E-state index is 0.258. The molecule has 1 spiro atoms. The van der Waals surface area contributed by atoms with Crippen molar-refractivity contribution in [3.8, 4) is 16.9 Å². The summed E-state index contributed by atoms with van der Waals surface area (Å²) in [7, 11) is 0. The smallest absolute Gasteiger partial charge is 0.337 e. The Bertz CT molecular complexity index is 1420. The Morgan fingerprint density at radius 3 is 2.23 bits per heavy atom. The van der Waals surface area contributed by atoms with Crippen molar-refractivity contribution in [1.82, 2.24) is 4.98 Å². The highest BCUT2D eigenvalue weighted by Gasteiger charge is 2.42. The summed E-state index contributed by atoms with van der Waals surface area (Å²) in [5.74, 6) is -0.666. The molecule has 7 nitrogen and oxygen atoms in total. The second-order valence-corrected chi connectivity index (χ2v) is 13.0. The van der Waals surface area contributed by atoms with Gasteiger partial charge in [0.2, 0.25) is 0 Å². The van der Waals surface area contributed by atoms with Crippen LogP contribution in [0.1, 0.15) is 81.5 Å². The Morgan fingerprint density at radius 2 is 1.70 bits per heavy atom. The van der Waals surface area contributed by atoms with Crippen LogP contribution in [0.4, 0.5) is 10.1 Å². The van der Waals surface area contributed by atoms with Crippen LogP contribution in [-0.2, 0) is 22.6 Å². The van der Waals surface area contributed by atoms with E-state index in [2.05, 4.69) is 4.90 Å². The number of carbonyl (C=O) groups is 1. The van der Waals surface area contributed by atoms with E-state index < -0.39 is 17.7 Å². The van der Waals surface area contributed by atoms with Crippen LogP contribution in [0.3, 0.4) is 0 Å². The number of aliphatic hydroxyl groups excluding tert-OH is 1. The lowest BCUT2D eigenvalue weighted by atomic mass is 9.63. The fourth-order valence-corrected chi connectivity index (χ4v) is 6.45. The van der Waals surface area contributed by atoms with Crippen LogP contribution in [0.15, 0.2) is 48.5 Å². The number of aliphatic hydroxyl groups is 1. The average molecular weight is 591 g/mol. The molecule has 1 aliphatic carbocycles. The number of piperidine rings is 1. The van der Waals surface area contributed by atoms with E-state index in [0.717, 1.165) is 54.0 Å². The number of aromatic nitrogens is 1. The number of carboxylic acids is 1. The van der Waals surface area contributed by atoms with Gasteiger partial charge >= 0.3 is 5.97 Å². The molecule has 0 amide bonds. The van der Waals surface area contributed by atoms with Crippen LogP contribution in [0.2, 0.25) is 0 Å². The lowest BCUT2D eigenvalue weighted by molar-refractivity contribution is -0.160. The first-order valence-corrected chi connectivity index (χ1v) is 15.3. The van der Waals surface area contributed by atoms with Crippen LogP contribution in [0.25, 0.3) is 11.1 Å². The van der Waals surface area contributed by atoms with Gasteiger partial charge in [0.15, 0.2) is 6.10 Å². The molecule has 8 heteroatoms. The molecule has 2 N–H and O–H groups in total. The highest BCUT2D eigenvalue weighted by molar-refractivity contribution is 5.88. The van der Waals surface area contributed by atoms with Crippen LogP contribution < -0.4 is 9.64 Å². The Labute approximate surface area is 253 Å². The third-order valence-corrected chi connectivity index (χ3v) is 8.85. The van der Waals surface area contributed by atoms with Gasteiger partial charge in [-0.15, -0.1) is 0 Å². The largest absolute Gasteiger partial charge is 0.493 e. The zero-order valence-corrected chi connectivity index (χ0v) is 25.7. The Kier molecular flexibility index (Phi) is 9.09. The maximum absolute atomic E-state index is 13.2. The zero-order chi connectivity index (χ0) is 30.8.